The number of hydrogen-bond donors (Lipinski definition) is 4. The molecule has 12 heteroatoms. The van der Waals surface area contributed by atoms with E-state index < -0.39 is 0 Å². The van der Waals surface area contributed by atoms with Crippen molar-refractivity contribution in [2.75, 3.05) is 10.6 Å². The molecule has 2 heterocycles. The molecule has 0 aliphatic heterocycles. The van der Waals surface area contributed by atoms with E-state index in [1.54, 1.807) is 18.3 Å². The molecular weight excluding hydrogens is 525 g/mol. The Morgan fingerprint density at radius 1 is 1.08 bits per heavy atom. The zero-order valence-electron chi connectivity index (χ0n) is 19.6. The molecule has 5 rings (SSSR count). The monoisotopic (exact) mass is 551 g/mol. The average Bonchev–Trinajstić information content (AvgIpc) is 3.38. The van der Waals surface area contributed by atoms with Crippen molar-refractivity contribution in [3.05, 3.63) is 33.4 Å². The fourth-order valence-electron chi connectivity index (χ4n) is 5.33. The number of carbonyl (C=O) groups excluding carboxylic acids is 1. The van der Waals surface area contributed by atoms with E-state index in [0.717, 1.165) is 38.5 Å². The number of primary amides is 1. The number of carbonyl (C=O) groups is 1. The van der Waals surface area contributed by atoms with Gasteiger partial charge in [-0.25, -0.2) is 9.97 Å². The number of anilines is 3. The number of fused-ring (bicyclic) bond motifs is 1. The van der Waals surface area contributed by atoms with Gasteiger partial charge in [0.1, 0.15) is 5.52 Å². The zero-order chi connectivity index (χ0) is 25.4. The van der Waals surface area contributed by atoms with E-state index in [-0.39, 0.29) is 30.0 Å². The highest BCUT2D eigenvalue weighted by Gasteiger charge is 2.29. The number of aromatic nitrogens is 4. The van der Waals surface area contributed by atoms with Gasteiger partial charge in [0.2, 0.25) is 17.8 Å². The first-order valence-electron chi connectivity index (χ1n) is 12.2. The van der Waals surface area contributed by atoms with Crippen molar-refractivity contribution in [1.29, 1.82) is 0 Å². The van der Waals surface area contributed by atoms with E-state index in [1.807, 2.05) is 0 Å². The Kier molecular flexibility index (Phi) is 7.44. The van der Waals surface area contributed by atoms with E-state index in [0.29, 0.717) is 56.7 Å². The van der Waals surface area contributed by atoms with Crippen LogP contribution in [0.25, 0.3) is 11.2 Å². The number of amides is 1. The van der Waals surface area contributed by atoms with Crippen molar-refractivity contribution in [3.63, 3.8) is 0 Å². The van der Waals surface area contributed by atoms with Crippen LogP contribution in [0, 0.1) is 5.92 Å². The van der Waals surface area contributed by atoms with Gasteiger partial charge in [0.25, 0.3) is 0 Å². The van der Waals surface area contributed by atoms with E-state index in [2.05, 4.69) is 20.2 Å². The SMILES string of the molecule is NC(=O)CC1CCC(n2c(Nc3c(Cl)cc(Cl)cc3Cl)nc3cnc(N[C@H]4CC[C@H](O)C4)nc32)CC1. The third-order valence-corrected chi connectivity index (χ3v) is 7.90. The van der Waals surface area contributed by atoms with Crippen molar-refractivity contribution in [3.8, 4) is 0 Å². The molecule has 2 aromatic heterocycles. The molecule has 9 nitrogen and oxygen atoms in total. The number of benzene rings is 1. The summed E-state index contributed by atoms with van der Waals surface area (Å²) in [6.07, 6.45) is 7.57. The Morgan fingerprint density at radius 2 is 1.81 bits per heavy atom. The van der Waals surface area contributed by atoms with Gasteiger partial charge in [-0.15, -0.1) is 0 Å². The van der Waals surface area contributed by atoms with E-state index >= 15 is 0 Å². The third-order valence-electron chi connectivity index (χ3n) is 7.09. The minimum atomic E-state index is -0.294. The fourth-order valence-corrected chi connectivity index (χ4v) is 6.24. The summed E-state index contributed by atoms with van der Waals surface area (Å²) < 4.78 is 2.08. The summed E-state index contributed by atoms with van der Waals surface area (Å²) in [7, 11) is 0. The molecule has 2 aliphatic carbocycles. The van der Waals surface area contributed by atoms with Crippen LogP contribution >= 0.6 is 34.8 Å². The van der Waals surface area contributed by atoms with Crippen LogP contribution in [0.1, 0.15) is 57.4 Å². The molecule has 2 aliphatic rings. The van der Waals surface area contributed by atoms with Gasteiger partial charge in [-0.05, 0) is 63.0 Å². The summed E-state index contributed by atoms with van der Waals surface area (Å²) in [5, 5.41) is 17.7. The van der Waals surface area contributed by atoms with E-state index in [9.17, 15) is 9.90 Å². The number of aliphatic hydroxyl groups excluding tert-OH is 1. The van der Waals surface area contributed by atoms with Gasteiger partial charge >= 0.3 is 0 Å². The van der Waals surface area contributed by atoms with Crippen LogP contribution in [0.4, 0.5) is 17.6 Å². The number of nitrogens with two attached hydrogens (primary N) is 1. The molecule has 0 saturated heterocycles. The van der Waals surface area contributed by atoms with Crippen LogP contribution in [0.2, 0.25) is 15.1 Å². The lowest BCUT2D eigenvalue weighted by molar-refractivity contribution is -0.119. The maximum atomic E-state index is 11.4. The molecule has 5 N–H and O–H groups in total. The van der Waals surface area contributed by atoms with Gasteiger partial charge in [-0.2, -0.15) is 4.98 Å². The fraction of sp³-hybridized carbons (Fsp3) is 0.500. The first kappa shape index (κ1) is 25.3. The topological polar surface area (TPSA) is 131 Å². The second-order valence-corrected chi connectivity index (χ2v) is 11.0. The molecule has 0 unspecified atom stereocenters. The number of nitrogens with one attached hydrogen (secondary N) is 2. The van der Waals surface area contributed by atoms with Crippen LogP contribution in [0.15, 0.2) is 18.3 Å². The van der Waals surface area contributed by atoms with Crippen molar-refractivity contribution >= 4 is 69.5 Å². The quantitative estimate of drug-likeness (QED) is 0.306. The van der Waals surface area contributed by atoms with Gasteiger partial charge in [-0.3, -0.25) is 9.36 Å². The van der Waals surface area contributed by atoms with Gasteiger partial charge in [0, 0.05) is 23.5 Å². The first-order valence-corrected chi connectivity index (χ1v) is 13.3. The van der Waals surface area contributed by atoms with Gasteiger partial charge < -0.3 is 21.5 Å². The molecule has 0 bridgehead atoms. The Morgan fingerprint density at radius 3 is 2.44 bits per heavy atom. The van der Waals surface area contributed by atoms with Gasteiger partial charge in [-0.1, -0.05) is 34.8 Å². The number of rotatable bonds is 7. The van der Waals surface area contributed by atoms with Crippen molar-refractivity contribution < 1.29 is 9.90 Å². The largest absolute Gasteiger partial charge is 0.393 e. The highest BCUT2D eigenvalue weighted by molar-refractivity contribution is 6.41. The predicted molar refractivity (Wildman–Crippen MR) is 142 cm³/mol. The highest BCUT2D eigenvalue weighted by Crippen LogP contribution is 2.40. The maximum Gasteiger partial charge on any atom is 0.224 e. The summed E-state index contributed by atoms with van der Waals surface area (Å²) in [4.78, 5) is 25.5. The van der Waals surface area contributed by atoms with Crippen LogP contribution in [0.5, 0.6) is 0 Å². The lowest BCUT2D eigenvalue weighted by Crippen LogP contribution is -2.23. The molecule has 1 amide bonds. The highest BCUT2D eigenvalue weighted by atomic mass is 35.5. The van der Waals surface area contributed by atoms with Crippen LogP contribution < -0.4 is 16.4 Å². The lowest BCUT2D eigenvalue weighted by atomic mass is 9.84. The summed E-state index contributed by atoms with van der Waals surface area (Å²) >= 11 is 19.0. The zero-order valence-corrected chi connectivity index (χ0v) is 21.8. The normalized spacial score (nSPS) is 24.2. The first-order chi connectivity index (χ1) is 17.3. The van der Waals surface area contributed by atoms with Gasteiger partial charge in [0.15, 0.2) is 5.65 Å². The molecule has 2 saturated carbocycles. The number of aliphatic hydroxyl groups is 1. The molecule has 0 spiro atoms. The minimum absolute atomic E-state index is 0.0996. The summed E-state index contributed by atoms with van der Waals surface area (Å²) in [5.74, 6) is 1.07. The number of imidazole rings is 1. The van der Waals surface area contributed by atoms with Crippen LogP contribution in [-0.4, -0.2) is 42.7 Å². The summed E-state index contributed by atoms with van der Waals surface area (Å²) in [6, 6.07) is 3.47. The van der Waals surface area contributed by atoms with Crippen LogP contribution in [0.3, 0.4) is 0 Å². The number of hydrogen-bond acceptors (Lipinski definition) is 7. The number of nitrogens with zero attached hydrogens (tertiary/aromatic N) is 4. The van der Waals surface area contributed by atoms with Crippen molar-refractivity contribution in [2.45, 2.75) is 69.6 Å². The molecule has 3 aromatic rings. The molecule has 192 valence electrons. The standard InChI is InChI=1S/C24H28Cl3N7O2/c25-13-8-17(26)21(18(27)9-13)32-24-31-19-11-29-23(30-14-3-6-16(35)10-14)33-22(19)34(24)15-4-1-12(2-5-15)7-20(28)36/h8-9,11-12,14-16,35H,1-7,10H2,(H2,28,36)(H,31,32)(H,29,30,33)/t12?,14-,15?,16-/m0/s1. The summed E-state index contributed by atoms with van der Waals surface area (Å²) in [6.45, 7) is 0. The van der Waals surface area contributed by atoms with E-state index in [4.69, 9.17) is 50.5 Å². The Labute approximate surface area is 223 Å². The number of halogens is 3. The third kappa shape index (κ3) is 5.49. The van der Waals surface area contributed by atoms with Crippen molar-refractivity contribution in [1.82, 2.24) is 19.5 Å². The molecular formula is C24H28Cl3N7O2. The Bertz CT molecular complexity index is 1250. The lowest BCUT2D eigenvalue weighted by Gasteiger charge is -2.30. The smallest absolute Gasteiger partial charge is 0.224 e. The maximum absolute atomic E-state index is 11.4. The van der Waals surface area contributed by atoms with Gasteiger partial charge in [0.05, 0.1) is 28.0 Å². The van der Waals surface area contributed by atoms with Crippen molar-refractivity contribution in [2.24, 2.45) is 11.7 Å². The average molecular weight is 553 g/mol. The Hall–Kier alpha value is -2.33. The molecule has 2 fully saturated rings. The molecule has 36 heavy (non-hydrogen) atoms. The van der Waals surface area contributed by atoms with Crippen LogP contribution in [-0.2, 0) is 4.79 Å². The van der Waals surface area contributed by atoms with E-state index in [1.165, 1.54) is 0 Å². The summed E-state index contributed by atoms with van der Waals surface area (Å²) in [5.41, 5.74) is 7.26. The molecule has 2 atom stereocenters. The Balaban J connectivity index is 1.50. The molecule has 1 aromatic carbocycles. The molecule has 0 radical (unpaired) electrons. The minimum Gasteiger partial charge on any atom is -0.393 e. The predicted octanol–water partition coefficient (Wildman–Crippen LogP) is 5.46. The second kappa shape index (κ2) is 10.6. The second-order valence-electron chi connectivity index (χ2n) is 9.73.